The molecule has 1 aliphatic heterocycles. The van der Waals surface area contributed by atoms with Crippen molar-refractivity contribution in [2.75, 3.05) is 19.0 Å². The summed E-state index contributed by atoms with van der Waals surface area (Å²) < 4.78 is 11.0. The summed E-state index contributed by atoms with van der Waals surface area (Å²) in [4.78, 5) is 26.5. The fourth-order valence-electron chi connectivity index (χ4n) is 3.10. The van der Waals surface area contributed by atoms with Crippen molar-refractivity contribution >= 4 is 29.1 Å². The summed E-state index contributed by atoms with van der Waals surface area (Å²) in [5, 5.41) is 3.34. The summed E-state index contributed by atoms with van der Waals surface area (Å²) in [5.41, 5.74) is 0.462. The molecule has 7 heteroatoms. The van der Waals surface area contributed by atoms with Crippen LogP contribution < -0.4 is 14.8 Å². The molecular formula is C21H23ClN2O4. The fourth-order valence-corrected chi connectivity index (χ4v) is 3.27. The molecular weight excluding hydrogens is 380 g/mol. The van der Waals surface area contributed by atoms with Crippen LogP contribution in [0.15, 0.2) is 42.5 Å². The third kappa shape index (κ3) is 4.57. The molecule has 28 heavy (non-hydrogen) atoms. The number of halogens is 1. The van der Waals surface area contributed by atoms with Gasteiger partial charge in [-0.05, 0) is 56.3 Å². The largest absolute Gasteiger partial charge is 0.497 e. The average molecular weight is 403 g/mol. The Bertz CT molecular complexity index is 867. The van der Waals surface area contributed by atoms with Crippen LogP contribution in [0.2, 0.25) is 5.02 Å². The van der Waals surface area contributed by atoms with Crippen molar-refractivity contribution in [2.45, 2.75) is 26.3 Å². The number of likely N-dealkylation sites (tertiary alicyclic amines) is 1. The van der Waals surface area contributed by atoms with Gasteiger partial charge in [0.15, 0.2) is 5.75 Å². The first kappa shape index (κ1) is 20.0. The Hall–Kier alpha value is -2.73. The highest BCUT2D eigenvalue weighted by atomic mass is 35.5. The quantitative estimate of drug-likeness (QED) is 0.780. The van der Waals surface area contributed by atoms with E-state index in [-0.39, 0.29) is 24.3 Å². The van der Waals surface area contributed by atoms with Gasteiger partial charge in [0.1, 0.15) is 11.5 Å². The molecule has 1 saturated heterocycles. The number of anilines is 1. The topological polar surface area (TPSA) is 67.9 Å². The molecule has 1 heterocycles. The van der Waals surface area contributed by atoms with Crippen molar-refractivity contribution in [3.63, 3.8) is 0 Å². The zero-order valence-electron chi connectivity index (χ0n) is 16.1. The number of ether oxygens (including phenoxy) is 2. The lowest BCUT2D eigenvalue weighted by Crippen LogP contribution is -2.33. The molecule has 1 unspecified atom stereocenters. The van der Waals surface area contributed by atoms with E-state index < -0.39 is 5.92 Å². The standard InChI is InChI=1S/C21H23ClN2O4/c1-13(2)24-12-14(10-20(24)25)21(26)23-18-11-15(22)4-9-19(18)28-17-7-5-16(27-3)6-8-17/h4-9,11,13-14H,10,12H2,1-3H3,(H,23,26). The fraction of sp³-hybridized carbons (Fsp3) is 0.333. The van der Waals surface area contributed by atoms with E-state index in [4.69, 9.17) is 21.1 Å². The van der Waals surface area contributed by atoms with Gasteiger partial charge in [-0.3, -0.25) is 9.59 Å². The minimum Gasteiger partial charge on any atom is -0.497 e. The third-order valence-electron chi connectivity index (χ3n) is 4.64. The number of methoxy groups -OCH3 is 1. The summed E-state index contributed by atoms with van der Waals surface area (Å²) in [5.74, 6) is 1.16. The van der Waals surface area contributed by atoms with Crippen molar-refractivity contribution in [2.24, 2.45) is 5.92 Å². The summed E-state index contributed by atoms with van der Waals surface area (Å²) in [6.07, 6.45) is 0.208. The molecule has 2 amide bonds. The Kier molecular flexibility index (Phi) is 6.09. The number of benzene rings is 2. The Balaban J connectivity index is 1.75. The lowest BCUT2D eigenvalue weighted by atomic mass is 10.1. The predicted molar refractivity (Wildman–Crippen MR) is 108 cm³/mol. The molecule has 0 radical (unpaired) electrons. The van der Waals surface area contributed by atoms with Crippen LogP contribution in [0.1, 0.15) is 20.3 Å². The van der Waals surface area contributed by atoms with Crippen molar-refractivity contribution in [1.29, 1.82) is 0 Å². The number of hydrogen-bond donors (Lipinski definition) is 1. The molecule has 0 saturated carbocycles. The maximum absolute atomic E-state index is 12.7. The van der Waals surface area contributed by atoms with E-state index >= 15 is 0 Å². The second kappa shape index (κ2) is 8.52. The molecule has 3 rings (SSSR count). The van der Waals surface area contributed by atoms with E-state index in [1.807, 2.05) is 13.8 Å². The van der Waals surface area contributed by atoms with Gasteiger partial charge in [-0.25, -0.2) is 0 Å². The Morgan fingerprint density at radius 3 is 2.46 bits per heavy atom. The second-order valence-corrected chi connectivity index (χ2v) is 7.38. The van der Waals surface area contributed by atoms with Gasteiger partial charge in [0.25, 0.3) is 0 Å². The van der Waals surface area contributed by atoms with Crippen molar-refractivity contribution in [3.8, 4) is 17.2 Å². The molecule has 0 aliphatic carbocycles. The van der Waals surface area contributed by atoms with E-state index in [2.05, 4.69) is 5.32 Å². The molecule has 0 bridgehead atoms. The SMILES string of the molecule is COc1ccc(Oc2ccc(Cl)cc2NC(=O)C2CC(=O)N(C(C)C)C2)cc1. The maximum atomic E-state index is 12.7. The minimum atomic E-state index is -0.400. The maximum Gasteiger partial charge on any atom is 0.229 e. The Morgan fingerprint density at radius 1 is 1.18 bits per heavy atom. The monoisotopic (exact) mass is 402 g/mol. The molecule has 1 N–H and O–H groups in total. The molecule has 0 aromatic heterocycles. The highest BCUT2D eigenvalue weighted by molar-refractivity contribution is 6.31. The number of nitrogens with one attached hydrogen (secondary N) is 1. The first-order valence-corrected chi connectivity index (χ1v) is 9.47. The van der Waals surface area contributed by atoms with E-state index in [1.165, 1.54) is 0 Å². The number of hydrogen-bond acceptors (Lipinski definition) is 4. The molecule has 148 valence electrons. The summed E-state index contributed by atoms with van der Waals surface area (Å²) in [6, 6.07) is 12.2. The van der Waals surface area contributed by atoms with E-state index in [1.54, 1.807) is 54.5 Å². The van der Waals surface area contributed by atoms with Gasteiger partial charge in [0.05, 0.1) is 18.7 Å². The van der Waals surface area contributed by atoms with Crippen LogP contribution in [-0.4, -0.2) is 36.4 Å². The first-order chi connectivity index (χ1) is 13.4. The molecule has 1 atom stereocenters. The summed E-state index contributed by atoms with van der Waals surface area (Å²) in [7, 11) is 1.59. The van der Waals surface area contributed by atoms with E-state index in [0.717, 1.165) is 5.75 Å². The van der Waals surface area contributed by atoms with Crippen LogP contribution in [0.25, 0.3) is 0 Å². The van der Waals surface area contributed by atoms with Crippen LogP contribution in [-0.2, 0) is 9.59 Å². The van der Waals surface area contributed by atoms with Crippen LogP contribution >= 0.6 is 11.6 Å². The van der Waals surface area contributed by atoms with Crippen LogP contribution in [0, 0.1) is 5.92 Å². The second-order valence-electron chi connectivity index (χ2n) is 6.95. The number of carbonyl (C=O) groups is 2. The first-order valence-electron chi connectivity index (χ1n) is 9.09. The molecule has 1 fully saturated rings. The van der Waals surface area contributed by atoms with Crippen LogP contribution in [0.5, 0.6) is 17.2 Å². The van der Waals surface area contributed by atoms with E-state index in [0.29, 0.717) is 28.8 Å². The minimum absolute atomic E-state index is 0.00375. The number of amides is 2. The van der Waals surface area contributed by atoms with Crippen molar-refractivity contribution in [1.82, 2.24) is 4.90 Å². The van der Waals surface area contributed by atoms with Gasteiger partial charge in [-0.2, -0.15) is 0 Å². The van der Waals surface area contributed by atoms with Gasteiger partial charge >= 0.3 is 0 Å². The summed E-state index contributed by atoms with van der Waals surface area (Å²) >= 11 is 6.10. The Labute approximate surface area is 169 Å². The van der Waals surface area contributed by atoms with Gasteiger partial charge < -0.3 is 19.7 Å². The lowest BCUT2D eigenvalue weighted by Gasteiger charge is -2.21. The number of rotatable bonds is 6. The third-order valence-corrected chi connectivity index (χ3v) is 4.87. The van der Waals surface area contributed by atoms with Gasteiger partial charge in [0.2, 0.25) is 11.8 Å². The smallest absolute Gasteiger partial charge is 0.229 e. The predicted octanol–water partition coefficient (Wildman–Crippen LogP) is 4.34. The average Bonchev–Trinajstić information content (AvgIpc) is 3.07. The Morgan fingerprint density at radius 2 is 1.86 bits per heavy atom. The van der Waals surface area contributed by atoms with Gasteiger partial charge in [-0.15, -0.1) is 0 Å². The molecule has 6 nitrogen and oxygen atoms in total. The van der Waals surface area contributed by atoms with Crippen LogP contribution in [0.4, 0.5) is 5.69 Å². The van der Waals surface area contributed by atoms with Crippen LogP contribution in [0.3, 0.4) is 0 Å². The summed E-state index contributed by atoms with van der Waals surface area (Å²) in [6.45, 7) is 4.30. The zero-order chi connectivity index (χ0) is 20.3. The molecule has 2 aromatic carbocycles. The number of carbonyl (C=O) groups excluding carboxylic acids is 2. The highest BCUT2D eigenvalue weighted by Gasteiger charge is 2.35. The highest BCUT2D eigenvalue weighted by Crippen LogP contribution is 2.33. The molecule has 2 aromatic rings. The van der Waals surface area contributed by atoms with E-state index in [9.17, 15) is 9.59 Å². The molecule has 0 spiro atoms. The van der Waals surface area contributed by atoms with Crippen molar-refractivity contribution in [3.05, 3.63) is 47.5 Å². The lowest BCUT2D eigenvalue weighted by molar-refractivity contribution is -0.129. The molecule has 1 aliphatic rings. The normalized spacial score (nSPS) is 16.4. The van der Waals surface area contributed by atoms with Gasteiger partial charge in [0, 0.05) is 24.0 Å². The van der Waals surface area contributed by atoms with Crippen molar-refractivity contribution < 1.29 is 19.1 Å². The van der Waals surface area contributed by atoms with Gasteiger partial charge in [-0.1, -0.05) is 11.6 Å². The number of nitrogens with zero attached hydrogens (tertiary/aromatic N) is 1. The zero-order valence-corrected chi connectivity index (χ0v) is 16.8.